The summed E-state index contributed by atoms with van der Waals surface area (Å²) in [5.74, 6) is 0.0708. The number of fused-ring (bicyclic) bond motifs is 1. The molecule has 1 aliphatic rings. The number of carbonyl (C=O) groups excluding carboxylic acids is 2. The van der Waals surface area contributed by atoms with Gasteiger partial charge in [-0.05, 0) is 47.0 Å². The summed E-state index contributed by atoms with van der Waals surface area (Å²) in [5, 5.41) is 3.59. The van der Waals surface area contributed by atoms with Crippen molar-refractivity contribution in [3.8, 4) is 0 Å². The van der Waals surface area contributed by atoms with Crippen molar-refractivity contribution in [1.29, 1.82) is 0 Å². The number of nitrogens with one attached hydrogen (secondary N) is 1. The number of nitrogens with zero attached hydrogens (tertiary/aromatic N) is 3. The summed E-state index contributed by atoms with van der Waals surface area (Å²) in [6.45, 7) is 0.933. The normalized spacial score (nSPS) is 14.7. The molecule has 0 radical (unpaired) electrons. The van der Waals surface area contributed by atoms with Crippen molar-refractivity contribution < 1.29 is 9.59 Å². The summed E-state index contributed by atoms with van der Waals surface area (Å²) >= 11 is 3.32. The highest BCUT2D eigenvalue weighted by Crippen LogP contribution is 2.23. The van der Waals surface area contributed by atoms with Gasteiger partial charge in [-0.1, -0.05) is 18.2 Å². The zero-order chi connectivity index (χ0) is 21.3. The monoisotopic (exact) mass is 468 g/mol. The van der Waals surface area contributed by atoms with Gasteiger partial charge in [0.05, 0.1) is 11.1 Å². The molecular formula is C22H21BrN4O3. The van der Waals surface area contributed by atoms with Crippen LogP contribution in [0.1, 0.15) is 23.2 Å². The lowest BCUT2D eigenvalue weighted by molar-refractivity contribution is -0.121. The summed E-state index contributed by atoms with van der Waals surface area (Å²) in [7, 11) is 1.70. The first-order chi connectivity index (χ1) is 14.4. The number of carbonyl (C=O) groups is 2. The number of halogens is 1. The van der Waals surface area contributed by atoms with Crippen LogP contribution < -0.4 is 10.9 Å². The Morgan fingerprint density at radius 3 is 2.57 bits per heavy atom. The number of hydrogen-bond donors (Lipinski definition) is 1. The van der Waals surface area contributed by atoms with Crippen molar-refractivity contribution in [3.05, 3.63) is 69.1 Å². The second kappa shape index (κ2) is 8.39. The van der Waals surface area contributed by atoms with Crippen molar-refractivity contribution in [2.24, 2.45) is 13.0 Å². The van der Waals surface area contributed by atoms with Crippen LogP contribution in [0.25, 0.3) is 10.9 Å². The van der Waals surface area contributed by atoms with Gasteiger partial charge in [-0.3, -0.25) is 14.4 Å². The largest absolute Gasteiger partial charge is 0.339 e. The van der Waals surface area contributed by atoms with E-state index in [-0.39, 0.29) is 23.3 Å². The van der Waals surface area contributed by atoms with E-state index in [1.54, 1.807) is 28.8 Å². The molecule has 1 aliphatic heterocycles. The molecule has 0 spiro atoms. The fourth-order valence-electron chi connectivity index (χ4n) is 3.78. The summed E-state index contributed by atoms with van der Waals surface area (Å²) in [5.41, 5.74) is 0.925. The first kappa shape index (κ1) is 20.3. The molecule has 7 nitrogen and oxygen atoms in total. The molecule has 1 fully saturated rings. The quantitative estimate of drug-likeness (QED) is 0.639. The van der Waals surface area contributed by atoms with Crippen molar-refractivity contribution in [1.82, 2.24) is 14.5 Å². The molecule has 0 unspecified atom stereocenters. The second-order valence-corrected chi connectivity index (χ2v) is 8.31. The summed E-state index contributed by atoms with van der Waals surface area (Å²) < 4.78 is 2.38. The van der Waals surface area contributed by atoms with Gasteiger partial charge in [0.15, 0.2) is 0 Å². The van der Waals surface area contributed by atoms with Crippen molar-refractivity contribution in [3.63, 3.8) is 0 Å². The van der Waals surface area contributed by atoms with Crippen LogP contribution in [0, 0.1) is 5.92 Å². The molecule has 8 heteroatoms. The first-order valence-corrected chi connectivity index (χ1v) is 10.5. The Hall–Kier alpha value is -3.00. The van der Waals surface area contributed by atoms with Crippen LogP contribution in [0.5, 0.6) is 0 Å². The van der Waals surface area contributed by atoms with Crippen molar-refractivity contribution in [2.45, 2.75) is 12.8 Å². The molecule has 4 rings (SSSR count). The zero-order valence-electron chi connectivity index (χ0n) is 16.5. The van der Waals surface area contributed by atoms with Gasteiger partial charge in [0.1, 0.15) is 5.82 Å². The van der Waals surface area contributed by atoms with E-state index in [1.807, 2.05) is 30.3 Å². The number of piperidine rings is 1. The number of para-hydroxylation sites is 1. The van der Waals surface area contributed by atoms with Crippen LogP contribution in [0.15, 0.2) is 57.9 Å². The number of hydrogen-bond acceptors (Lipinski definition) is 4. The number of likely N-dealkylation sites (tertiary alicyclic amines) is 1. The first-order valence-electron chi connectivity index (χ1n) is 9.74. The average Bonchev–Trinajstić information content (AvgIpc) is 2.77. The molecule has 0 aliphatic carbocycles. The van der Waals surface area contributed by atoms with E-state index >= 15 is 0 Å². The highest BCUT2D eigenvalue weighted by Gasteiger charge is 2.29. The minimum atomic E-state index is -0.215. The molecule has 2 amide bonds. The molecule has 3 aromatic rings. The highest BCUT2D eigenvalue weighted by atomic mass is 79.9. The predicted octanol–water partition coefficient (Wildman–Crippen LogP) is 3.19. The van der Waals surface area contributed by atoms with Gasteiger partial charge < -0.3 is 14.8 Å². The molecule has 1 N–H and O–H groups in total. The Morgan fingerprint density at radius 1 is 1.13 bits per heavy atom. The van der Waals surface area contributed by atoms with Crippen molar-refractivity contribution >= 4 is 44.5 Å². The standard InChI is InChI=1S/C22H21BrN4O3/c1-26-18-5-3-2-4-16(18)17(12-20(26)28)22(30)27-10-8-14(9-11-27)21(29)25-19-7-6-15(23)13-24-19/h2-7,12-14H,8-11H2,1H3,(H,24,25,29). The molecule has 1 saturated heterocycles. The van der Waals surface area contributed by atoms with Crippen LogP contribution in [-0.4, -0.2) is 39.4 Å². The van der Waals surface area contributed by atoms with Gasteiger partial charge >= 0.3 is 0 Å². The zero-order valence-corrected chi connectivity index (χ0v) is 18.1. The predicted molar refractivity (Wildman–Crippen MR) is 118 cm³/mol. The third kappa shape index (κ3) is 4.00. The maximum atomic E-state index is 13.1. The minimum absolute atomic E-state index is 0.0871. The Bertz CT molecular complexity index is 1170. The van der Waals surface area contributed by atoms with E-state index in [0.717, 1.165) is 15.4 Å². The number of benzene rings is 1. The van der Waals surface area contributed by atoms with Gasteiger partial charge in [-0.2, -0.15) is 0 Å². The number of aromatic nitrogens is 2. The lowest BCUT2D eigenvalue weighted by Gasteiger charge is -2.31. The Kier molecular flexibility index (Phi) is 5.67. The third-order valence-electron chi connectivity index (χ3n) is 5.52. The number of amides is 2. The van der Waals surface area contributed by atoms with E-state index in [1.165, 1.54) is 6.07 Å². The van der Waals surface area contributed by atoms with E-state index < -0.39 is 0 Å². The smallest absolute Gasteiger partial charge is 0.254 e. The lowest BCUT2D eigenvalue weighted by atomic mass is 9.95. The van der Waals surface area contributed by atoms with E-state index in [9.17, 15) is 14.4 Å². The molecule has 1 aromatic carbocycles. The maximum absolute atomic E-state index is 13.1. The lowest BCUT2D eigenvalue weighted by Crippen LogP contribution is -2.42. The number of rotatable bonds is 3. The van der Waals surface area contributed by atoms with Gasteiger partial charge in [0.2, 0.25) is 5.91 Å². The van der Waals surface area contributed by atoms with Gasteiger partial charge in [-0.25, -0.2) is 4.98 Å². The van der Waals surface area contributed by atoms with E-state index in [4.69, 9.17) is 0 Å². The topological polar surface area (TPSA) is 84.3 Å². The van der Waals surface area contributed by atoms with Gasteiger partial charge in [-0.15, -0.1) is 0 Å². The molecular weight excluding hydrogens is 448 g/mol. The fraction of sp³-hybridized carbons (Fsp3) is 0.273. The Labute approximate surface area is 181 Å². The maximum Gasteiger partial charge on any atom is 0.254 e. The van der Waals surface area contributed by atoms with Crippen LogP contribution in [0.2, 0.25) is 0 Å². The molecule has 2 aromatic heterocycles. The minimum Gasteiger partial charge on any atom is -0.339 e. The van der Waals surface area contributed by atoms with Crippen molar-refractivity contribution in [2.75, 3.05) is 18.4 Å². The molecule has 0 saturated carbocycles. The summed E-state index contributed by atoms with van der Waals surface area (Å²) in [6, 6.07) is 12.4. The Morgan fingerprint density at radius 2 is 1.87 bits per heavy atom. The Balaban J connectivity index is 1.46. The van der Waals surface area contributed by atoms with E-state index in [2.05, 4.69) is 26.2 Å². The van der Waals surface area contributed by atoms with Crippen LogP contribution in [-0.2, 0) is 11.8 Å². The van der Waals surface area contributed by atoms with Crippen LogP contribution in [0.3, 0.4) is 0 Å². The highest BCUT2D eigenvalue weighted by molar-refractivity contribution is 9.10. The fourth-order valence-corrected chi connectivity index (χ4v) is 4.02. The molecule has 0 bridgehead atoms. The second-order valence-electron chi connectivity index (χ2n) is 7.39. The van der Waals surface area contributed by atoms with E-state index in [0.29, 0.717) is 37.3 Å². The third-order valence-corrected chi connectivity index (χ3v) is 5.99. The van der Waals surface area contributed by atoms with Gasteiger partial charge in [0.25, 0.3) is 11.5 Å². The van der Waals surface area contributed by atoms with Crippen LogP contribution in [0.4, 0.5) is 5.82 Å². The summed E-state index contributed by atoms with van der Waals surface area (Å²) in [6.07, 6.45) is 2.76. The molecule has 154 valence electrons. The average molecular weight is 469 g/mol. The summed E-state index contributed by atoms with van der Waals surface area (Å²) in [4.78, 5) is 43.9. The molecule has 3 heterocycles. The molecule has 30 heavy (non-hydrogen) atoms. The number of pyridine rings is 2. The number of aryl methyl sites for hydroxylation is 1. The number of anilines is 1. The van der Waals surface area contributed by atoms with Crippen LogP contribution >= 0.6 is 15.9 Å². The SMILES string of the molecule is Cn1c(=O)cc(C(=O)N2CCC(C(=O)Nc3ccc(Br)cn3)CC2)c2ccccc21. The van der Waals surface area contributed by atoms with Gasteiger partial charge in [0, 0.05) is 48.2 Å². The molecule has 0 atom stereocenters.